The first-order valence-corrected chi connectivity index (χ1v) is 9.20. The van der Waals surface area contributed by atoms with Crippen LogP contribution in [-0.2, 0) is 13.6 Å². The number of rotatable bonds is 4. The Morgan fingerprint density at radius 2 is 1.95 bits per heavy atom. The van der Waals surface area contributed by atoms with Crippen molar-refractivity contribution in [1.29, 1.82) is 0 Å². The number of aryl methyl sites for hydroxylation is 1. The van der Waals surface area contributed by atoms with Crippen LogP contribution in [-0.4, -0.2) is 52.1 Å². The van der Waals surface area contributed by atoms with Gasteiger partial charge in [-0.15, -0.1) is 0 Å². The Hall–Kier alpha value is -0.870. The minimum absolute atomic E-state index is 0.939. The number of aromatic nitrogens is 2. The maximum Gasteiger partial charge on any atom is 0.122 e. The molecule has 3 atom stereocenters. The zero-order chi connectivity index (χ0) is 14.9. The Labute approximate surface area is 134 Å². The summed E-state index contributed by atoms with van der Waals surface area (Å²) in [6.07, 6.45) is 11.2. The highest BCUT2D eigenvalue weighted by Crippen LogP contribution is 2.41. The summed E-state index contributed by atoms with van der Waals surface area (Å²) >= 11 is 0. The summed E-state index contributed by atoms with van der Waals surface area (Å²) in [7, 11) is 2.11. The molecule has 0 amide bonds. The lowest BCUT2D eigenvalue weighted by atomic mass is 9.73. The smallest absolute Gasteiger partial charge is 0.122 e. The highest BCUT2D eigenvalue weighted by Gasteiger charge is 2.40. The normalized spacial score (nSPS) is 33.4. The molecule has 0 spiro atoms. The molecule has 3 fully saturated rings. The molecule has 1 aromatic heterocycles. The van der Waals surface area contributed by atoms with Crippen LogP contribution >= 0.6 is 0 Å². The molecular formula is C18H30N4. The fraction of sp³-hybridized carbons (Fsp3) is 0.833. The van der Waals surface area contributed by atoms with Gasteiger partial charge in [-0.3, -0.25) is 4.90 Å². The Morgan fingerprint density at radius 1 is 1.09 bits per heavy atom. The second-order valence-corrected chi connectivity index (χ2v) is 7.77. The Morgan fingerprint density at radius 3 is 2.73 bits per heavy atom. The van der Waals surface area contributed by atoms with Gasteiger partial charge in [0.2, 0.25) is 0 Å². The SMILES string of the molecule is Cn1ccnc1CN1C[C@@H]2CCC[C@H](CN3CCCC3)[C@@H]2C1. The van der Waals surface area contributed by atoms with Gasteiger partial charge < -0.3 is 9.47 Å². The van der Waals surface area contributed by atoms with Gasteiger partial charge in [-0.2, -0.15) is 0 Å². The molecule has 0 unspecified atom stereocenters. The van der Waals surface area contributed by atoms with Gasteiger partial charge in [-0.05, 0) is 56.5 Å². The number of nitrogens with zero attached hydrogens (tertiary/aromatic N) is 4. The maximum atomic E-state index is 4.51. The molecule has 122 valence electrons. The molecule has 0 N–H and O–H groups in total. The summed E-state index contributed by atoms with van der Waals surface area (Å²) in [5, 5.41) is 0. The third-order valence-electron chi connectivity index (χ3n) is 6.30. The average molecular weight is 302 g/mol. The monoisotopic (exact) mass is 302 g/mol. The van der Waals surface area contributed by atoms with Crippen molar-refractivity contribution >= 4 is 0 Å². The molecule has 0 bridgehead atoms. The average Bonchev–Trinajstić information content (AvgIpc) is 3.22. The number of imidazole rings is 1. The summed E-state index contributed by atoms with van der Waals surface area (Å²) in [5.74, 6) is 4.05. The first-order chi connectivity index (χ1) is 10.8. The number of likely N-dealkylation sites (tertiary alicyclic amines) is 2. The van der Waals surface area contributed by atoms with Crippen molar-refractivity contribution in [3.05, 3.63) is 18.2 Å². The largest absolute Gasteiger partial charge is 0.337 e. The van der Waals surface area contributed by atoms with Crippen LogP contribution in [0.15, 0.2) is 12.4 Å². The van der Waals surface area contributed by atoms with Gasteiger partial charge in [0, 0.05) is 39.1 Å². The predicted octanol–water partition coefficient (Wildman–Crippen LogP) is 2.36. The standard InChI is InChI=1S/C18H30N4/c1-20-10-7-19-18(20)14-22-12-16-6-4-5-15(17(16)13-22)11-21-8-2-3-9-21/h7,10,15-17H,2-6,8-9,11-14H2,1H3/t15-,16+,17+/m1/s1. The summed E-state index contributed by atoms with van der Waals surface area (Å²) in [5.41, 5.74) is 0. The van der Waals surface area contributed by atoms with Gasteiger partial charge in [-0.25, -0.2) is 4.98 Å². The minimum atomic E-state index is 0.939. The van der Waals surface area contributed by atoms with E-state index >= 15 is 0 Å². The number of fused-ring (bicyclic) bond motifs is 1. The summed E-state index contributed by atoms with van der Waals surface area (Å²) in [4.78, 5) is 9.91. The highest BCUT2D eigenvalue weighted by atomic mass is 15.2. The lowest BCUT2D eigenvalue weighted by Gasteiger charge is -2.35. The van der Waals surface area contributed by atoms with E-state index in [1.54, 1.807) is 0 Å². The third kappa shape index (κ3) is 2.95. The van der Waals surface area contributed by atoms with Crippen molar-refractivity contribution in [1.82, 2.24) is 19.4 Å². The molecule has 4 heteroatoms. The molecule has 3 heterocycles. The molecule has 1 aliphatic carbocycles. The van der Waals surface area contributed by atoms with Gasteiger partial charge in [0.05, 0.1) is 6.54 Å². The zero-order valence-electron chi connectivity index (χ0n) is 14.0. The first-order valence-electron chi connectivity index (χ1n) is 9.20. The summed E-state index contributed by atoms with van der Waals surface area (Å²) in [6.45, 7) is 7.71. The fourth-order valence-corrected chi connectivity index (χ4v) is 5.09. The van der Waals surface area contributed by atoms with E-state index in [4.69, 9.17) is 0 Å². The lowest BCUT2D eigenvalue weighted by Crippen LogP contribution is -2.36. The van der Waals surface area contributed by atoms with Crippen LogP contribution < -0.4 is 0 Å². The van der Waals surface area contributed by atoms with E-state index in [1.807, 2.05) is 6.20 Å². The lowest BCUT2D eigenvalue weighted by molar-refractivity contribution is 0.146. The summed E-state index contributed by atoms with van der Waals surface area (Å²) < 4.78 is 2.17. The van der Waals surface area contributed by atoms with Crippen molar-refractivity contribution in [2.24, 2.45) is 24.8 Å². The zero-order valence-corrected chi connectivity index (χ0v) is 14.0. The summed E-state index contributed by atoms with van der Waals surface area (Å²) in [6, 6.07) is 0. The Balaban J connectivity index is 1.38. The van der Waals surface area contributed by atoms with Crippen LogP contribution in [0, 0.1) is 17.8 Å². The van der Waals surface area contributed by atoms with E-state index in [1.165, 1.54) is 70.7 Å². The van der Waals surface area contributed by atoms with Crippen LogP contribution in [0.5, 0.6) is 0 Å². The highest BCUT2D eigenvalue weighted by molar-refractivity contribution is 4.97. The quantitative estimate of drug-likeness (QED) is 0.853. The molecule has 22 heavy (non-hydrogen) atoms. The van der Waals surface area contributed by atoms with E-state index in [0.29, 0.717) is 0 Å². The topological polar surface area (TPSA) is 24.3 Å². The van der Waals surface area contributed by atoms with Crippen LogP contribution in [0.4, 0.5) is 0 Å². The van der Waals surface area contributed by atoms with Crippen LogP contribution in [0.1, 0.15) is 37.9 Å². The molecule has 1 aromatic rings. The van der Waals surface area contributed by atoms with Crippen LogP contribution in [0.25, 0.3) is 0 Å². The molecule has 2 saturated heterocycles. The molecule has 4 rings (SSSR count). The molecule has 3 aliphatic rings. The molecule has 0 aromatic carbocycles. The van der Waals surface area contributed by atoms with E-state index in [9.17, 15) is 0 Å². The van der Waals surface area contributed by atoms with Crippen LogP contribution in [0.2, 0.25) is 0 Å². The second-order valence-electron chi connectivity index (χ2n) is 7.77. The fourth-order valence-electron chi connectivity index (χ4n) is 5.09. The van der Waals surface area contributed by atoms with Gasteiger partial charge >= 0.3 is 0 Å². The van der Waals surface area contributed by atoms with Crippen LogP contribution in [0.3, 0.4) is 0 Å². The molecule has 1 saturated carbocycles. The van der Waals surface area contributed by atoms with Crippen molar-refractivity contribution < 1.29 is 0 Å². The first kappa shape index (κ1) is 14.7. The molecule has 0 radical (unpaired) electrons. The molecular weight excluding hydrogens is 272 g/mol. The third-order valence-corrected chi connectivity index (χ3v) is 6.30. The minimum Gasteiger partial charge on any atom is -0.337 e. The van der Waals surface area contributed by atoms with Crippen molar-refractivity contribution in [2.75, 3.05) is 32.7 Å². The van der Waals surface area contributed by atoms with E-state index in [2.05, 4.69) is 32.6 Å². The van der Waals surface area contributed by atoms with Gasteiger partial charge in [0.15, 0.2) is 0 Å². The second kappa shape index (κ2) is 6.32. The number of hydrogen-bond donors (Lipinski definition) is 0. The predicted molar refractivity (Wildman–Crippen MR) is 88.5 cm³/mol. The van der Waals surface area contributed by atoms with Crippen molar-refractivity contribution in [3.63, 3.8) is 0 Å². The molecule has 2 aliphatic heterocycles. The van der Waals surface area contributed by atoms with Gasteiger partial charge in [0.1, 0.15) is 5.82 Å². The Bertz CT molecular complexity index is 491. The van der Waals surface area contributed by atoms with E-state index in [0.717, 1.165) is 24.3 Å². The Kier molecular flexibility index (Phi) is 4.23. The molecule has 4 nitrogen and oxygen atoms in total. The van der Waals surface area contributed by atoms with Crippen molar-refractivity contribution in [3.8, 4) is 0 Å². The van der Waals surface area contributed by atoms with Gasteiger partial charge in [-0.1, -0.05) is 6.42 Å². The van der Waals surface area contributed by atoms with Crippen molar-refractivity contribution in [2.45, 2.75) is 38.6 Å². The maximum absolute atomic E-state index is 4.51. The van der Waals surface area contributed by atoms with E-state index in [-0.39, 0.29) is 0 Å². The number of hydrogen-bond acceptors (Lipinski definition) is 3. The van der Waals surface area contributed by atoms with Gasteiger partial charge in [0.25, 0.3) is 0 Å². The van der Waals surface area contributed by atoms with E-state index < -0.39 is 0 Å².